The summed E-state index contributed by atoms with van der Waals surface area (Å²) >= 11 is 0. The van der Waals surface area contributed by atoms with Crippen LogP contribution in [0.25, 0.3) is 0 Å². The van der Waals surface area contributed by atoms with Crippen LogP contribution in [0, 0.1) is 0 Å². The maximum absolute atomic E-state index is 11.1. The van der Waals surface area contributed by atoms with Crippen LogP contribution in [-0.2, 0) is 14.3 Å². The molecule has 9 atom stereocenters. The van der Waals surface area contributed by atoms with Gasteiger partial charge in [-0.25, -0.2) is 0 Å². The van der Waals surface area contributed by atoms with E-state index in [1.165, 1.54) is 0 Å². The lowest BCUT2D eigenvalue weighted by Gasteiger charge is -2.44. The Hall–Kier alpha value is -1.10. The van der Waals surface area contributed by atoms with E-state index in [2.05, 4.69) is 0 Å². The van der Waals surface area contributed by atoms with Crippen molar-refractivity contribution >= 4 is 12.1 Å². The number of aliphatic hydroxyl groups excluding tert-OH is 8. The second-order valence-corrected chi connectivity index (χ2v) is 5.96. The Morgan fingerprint density at radius 3 is 2.04 bits per heavy atom. The van der Waals surface area contributed by atoms with Gasteiger partial charge >= 0.3 is 0 Å². The number of nitrogens with two attached hydrogens (primary N) is 1. The highest BCUT2D eigenvalue weighted by Crippen LogP contribution is 2.27. The van der Waals surface area contributed by atoms with E-state index < -0.39 is 73.6 Å². The van der Waals surface area contributed by atoms with Gasteiger partial charge < -0.3 is 61.2 Å². The predicted octanol–water partition coefficient (Wildman–Crippen LogP) is -6.67. The van der Waals surface area contributed by atoms with Crippen LogP contribution in [0.15, 0.2) is 0 Å². The van der Waals surface area contributed by atoms with Crippen molar-refractivity contribution in [1.82, 2.24) is 0 Å². The molecule has 0 aliphatic carbocycles. The quantitative estimate of drug-likeness (QED) is 0.178. The Kier molecular flexibility index (Phi) is 10.6. The number of ether oxygens (including phenoxy) is 1. The molecule has 1 saturated heterocycles. The zero-order valence-electron chi connectivity index (χ0n) is 14.4. The number of carbonyl (C=O) groups is 2. The van der Waals surface area contributed by atoms with E-state index in [0.717, 1.165) is 6.92 Å². The molecule has 0 radical (unpaired) electrons. The van der Waals surface area contributed by atoms with Crippen molar-refractivity contribution in [2.45, 2.75) is 61.5 Å². The fourth-order valence-corrected chi connectivity index (χ4v) is 2.12. The molecule has 1 aliphatic rings. The lowest BCUT2D eigenvalue weighted by molar-refractivity contribution is -0.296. The van der Waals surface area contributed by atoms with Crippen LogP contribution in [0.5, 0.6) is 0 Å². The van der Waals surface area contributed by atoms with Crippen LogP contribution in [0.3, 0.4) is 0 Å². The average molecular weight is 401 g/mol. The molecule has 1 unspecified atom stereocenters. The minimum Gasteiger partial charge on any atom is -0.394 e. The molecule has 0 aromatic carbocycles. The van der Waals surface area contributed by atoms with Crippen LogP contribution >= 0.6 is 0 Å². The highest BCUT2D eigenvalue weighted by Gasteiger charge is 2.54. The van der Waals surface area contributed by atoms with Crippen molar-refractivity contribution in [3.8, 4) is 0 Å². The Bertz CT molecular complexity index is 477. The van der Waals surface area contributed by atoms with E-state index in [0.29, 0.717) is 0 Å². The topological polar surface area (TPSA) is 251 Å². The molecule has 1 rings (SSSR count). The Labute approximate surface area is 153 Å². The molecule has 13 heteroatoms. The van der Waals surface area contributed by atoms with Gasteiger partial charge in [0.15, 0.2) is 12.1 Å². The maximum atomic E-state index is 11.1. The highest BCUT2D eigenvalue weighted by molar-refractivity contribution is 5.84. The third-order valence-electron chi connectivity index (χ3n) is 3.99. The molecule has 13 nitrogen and oxygen atoms in total. The molecular weight excluding hydrogens is 374 g/mol. The molecule has 1 heterocycles. The molecule has 0 bridgehead atoms. The van der Waals surface area contributed by atoms with Gasteiger partial charge in [0.1, 0.15) is 42.7 Å². The van der Waals surface area contributed by atoms with Crippen LogP contribution in [0.4, 0.5) is 0 Å². The largest absolute Gasteiger partial charge is 0.394 e. The van der Waals surface area contributed by atoms with Crippen molar-refractivity contribution in [3.05, 3.63) is 0 Å². The van der Waals surface area contributed by atoms with Gasteiger partial charge in [0, 0.05) is 6.92 Å². The summed E-state index contributed by atoms with van der Waals surface area (Å²) in [6, 6.07) is -1.45. The first-order valence-electron chi connectivity index (χ1n) is 7.81. The van der Waals surface area contributed by atoms with Gasteiger partial charge in [-0.05, 0) is 0 Å². The molecular formula is C14H27NO12. The van der Waals surface area contributed by atoms with Crippen molar-refractivity contribution < 1.29 is 60.3 Å². The Morgan fingerprint density at radius 1 is 1.15 bits per heavy atom. The van der Waals surface area contributed by atoms with Crippen LogP contribution < -0.4 is 5.73 Å². The molecule has 0 aromatic rings. The molecule has 1 aliphatic heterocycles. The van der Waals surface area contributed by atoms with Crippen LogP contribution in [0.2, 0.25) is 0 Å². The zero-order chi connectivity index (χ0) is 21.5. The monoisotopic (exact) mass is 401 g/mol. The van der Waals surface area contributed by atoms with E-state index in [1.54, 1.807) is 0 Å². The summed E-state index contributed by atoms with van der Waals surface area (Å²) in [6.07, 6.45) is -11.1. The average Bonchev–Trinajstić information content (AvgIpc) is 2.66. The first-order chi connectivity index (χ1) is 12.4. The zero-order valence-corrected chi connectivity index (χ0v) is 14.4. The summed E-state index contributed by atoms with van der Waals surface area (Å²) in [4.78, 5) is 21.0. The number of carbonyl (C=O) groups excluding carboxylic acids is 2. The minimum atomic E-state index is -2.37. The van der Waals surface area contributed by atoms with Crippen molar-refractivity contribution in [3.63, 3.8) is 0 Å². The molecule has 160 valence electrons. The van der Waals surface area contributed by atoms with Gasteiger partial charge in [-0.15, -0.1) is 0 Å². The standard InChI is InChI=1S/C8H15NO6.C6H12O6/c1-3(11)8(14)7(9)6(13)5(12)4(2-10)15-8;7-1-3(9)5(11)6(12)4(10)2-8/h4-7,10,12-14H,2,9H2,1H3;1,3-6,8-12H,2H2/t4-,5+,6+,7-,8?;3-,4+,5+,6-/m10/s1. The highest BCUT2D eigenvalue weighted by atomic mass is 16.7. The van der Waals surface area contributed by atoms with Crippen molar-refractivity contribution in [2.75, 3.05) is 13.2 Å². The molecule has 11 N–H and O–H groups in total. The summed E-state index contributed by atoms with van der Waals surface area (Å²) in [5.74, 6) is -3.16. The smallest absolute Gasteiger partial charge is 0.244 e. The second-order valence-electron chi connectivity index (χ2n) is 5.96. The Balaban J connectivity index is 0.000000516. The van der Waals surface area contributed by atoms with Crippen LogP contribution in [0.1, 0.15) is 6.92 Å². The maximum Gasteiger partial charge on any atom is 0.244 e. The summed E-state index contributed by atoms with van der Waals surface area (Å²) in [7, 11) is 0. The summed E-state index contributed by atoms with van der Waals surface area (Å²) in [5.41, 5.74) is 5.38. The number of Topliss-reactive ketones (excluding diaryl/α,β-unsaturated/α-hetero) is 1. The van der Waals surface area contributed by atoms with E-state index in [4.69, 9.17) is 41.1 Å². The van der Waals surface area contributed by atoms with Crippen molar-refractivity contribution in [2.24, 2.45) is 5.73 Å². The number of hydrogen-bond donors (Lipinski definition) is 10. The van der Waals surface area contributed by atoms with E-state index in [-0.39, 0.29) is 6.29 Å². The van der Waals surface area contributed by atoms with Gasteiger partial charge in [-0.3, -0.25) is 4.79 Å². The molecule has 0 saturated carbocycles. The fraction of sp³-hybridized carbons (Fsp3) is 0.857. The fourth-order valence-electron chi connectivity index (χ4n) is 2.12. The van der Waals surface area contributed by atoms with Crippen LogP contribution in [-0.4, -0.2) is 126 Å². The normalized spacial score (nSPS) is 35.2. The molecule has 0 spiro atoms. The number of rotatable bonds is 7. The molecule has 1 fully saturated rings. The minimum absolute atomic E-state index is 0.0258. The number of ketones is 1. The lowest BCUT2D eigenvalue weighted by Crippen LogP contribution is -2.70. The van der Waals surface area contributed by atoms with Crippen molar-refractivity contribution in [1.29, 1.82) is 0 Å². The number of aliphatic hydroxyl groups is 9. The predicted molar refractivity (Wildman–Crippen MR) is 84.8 cm³/mol. The summed E-state index contributed by atoms with van der Waals surface area (Å²) in [5, 5.41) is 80.9. The molecule has 0 aromatic heterocycles. The second kappa shape index (κ2) is 11.0. The van der Waals surface area contributed by atoms with Gasteiger partial charge in [0.05, 0.1) is 19.3 Å². The third kappa shape index (κ3) is 6.20. The van der Waals surface area contributed by atoms with Gasteiger partial charge in [-0.2, -0.15) is 0 Å². The first kappa shape index (κ1) is 25.9. The van der Waals surface area contributed by atoms with Gasteiger partial charge in [0.2, 0.25) is 5.79 Å². The van der Waals surface area contributed by atoms with E-state index in [1.807, 2.05) is 0 Å². The number of aldehydes is 1. The SMILES string of the molecule is CC(=O)C1(O)O[C@H](CO)[C@H](O)[C@H](O)[C@H]1N.O=C[C@H](O)[C@@H](O)[C@@H](O)[C@H](O)CO. The lowest BCUT2D eigenvalue weighted by atomic mass is 9.89. The van der Waals surface area contributed by atoms with E-state index in [9.17, 15) is 24.9 Å². The first-order valence-corrected chi connectivity index (χ1v) is 7.81. The number of hydrogen-bond acceptors (Lipinski definition) is 13. The van der Waals surface area contributed by atoms with Gasteiger partial charge in [-0.1, -0.05) is 0 Å². The van der Waals surface area contributed by atoms with E-state index >= 15 is 0 Å². The summed E-state index contributed by atoms with van der Waals surface area (Å²) < 4.78 is 4.80. The third-order valence-corrected chi connectivity index (χ3v) is 3.99. The molecule has 0 amide bonds. The van der Waals surface area contributed by atoms with Gasteiger partial charge in [0.25, 0.3) is 0 Å². The molecule has 27 heavy (non-hydrogen) atoms. The summed E-state index contributed by atoms with van der Waals surface area (Å²) in [6.45, 7) is -0.358. The Morgan fingerprint density at radius 2 is 1.67 bits per heavy atom.